The number of carbonyl (C=O) groups excluding carboxylic acids is 1. The number of benzene rings is 2. The van der Waals surface area contributed by atoms with Crippen LogP contribution in [-0.4, -0.2) is 20.7 Å². The monoisotopic (exact) mass is 346 g/mol. The number of rotatable bonds is 4. The van der Waals surface area contributed by atoms with Crippen molar-refractivity contribution >= 4 is 23.4 Å². The first-order valence-electron chi connectivity index (χ1n) is 6.92. The number of carbonyl (C=O) groups is 1. The van der Waals surface area contributed by atoms with Gasteiger partial charge < -0.3 is 9.88 Å². The van der Waals surface area contributed by atoms with Gasteiger partial charge in [0.1, 0.15) is 23.5 Å². The number of aryl methyl sites for hydroxylation is 1. The van der Waals surface area contributed by atoms with Gasteiger partial charge >= 0.3 is 0 Å². The minimum absolute atomic E-state index is 0.435. The van der Waals surface area contributed by atoms with E-state index in [0.717, 1.165) is 22.2 Å². The predicted molar refractivity (Wildman–Crippen MR) is 85.9 cm³/mol. The zero-order valence-electron chi connectivity index (χ0n) is 12.5. The Balaban J connectivity index is 1.72. The maximum Gasteiger partial charge on any atom is 0.261 e. The number of nitrogens with zero attached hydrogens (tertiary/aromatic N) is 3. The molecular weight excluding hydrogens is 334 g/mol. The van der Waals surface area contributed by atoms with E-state index >= 15 is 0 Å². The van der Waals surface area contributed by atoms with Crippen molar-refractivity contribution in [3.63, 3.8) is 0 Å². The van der Waals surface area contributed by atoms with Gasteiger partial charge in [-0.1, -0.05) is 6.07 Å². The second-order valence-electron chi connectivity index (χ2n) is 4.90. The minimum atomic E-state index is -0.901. The predicted octanol–water partition coefficient (Wildman–Crippen LogP) is 3.50. The van der Waals surface area contributed by atoms with E-state index in [4.69, 9.17) is 0 Å². The standard InChI is InChI=1S/C16H12F2N4OS/c1-22-9-19-21-16(22)24-11-7-5-10(6-8-11)20-15(23)14-12(17)3-2-4-13(14)18/h2-9H,1H3,(H,20,23). The highest BCUT2D eigenvalue weighted by molar-refractivity contribution is 7.99. The van der Waals surface area contributed by atoms with Gasteiger partial charge in [-0.15, -0.1) is 10.2 Å². The number of halogens is 2. The van der Waals surface area contributed by atoms with Crippen molar-refractivity contribution in [1.82, 2.24) is 14.8 Å². The lowest BCUT2D eigenvalue weighted by atomic mass is 10.2. The second kappa shape index (κ2) is 6.79. The van der Waals surface area contributed by atoms with Crippen LogP contribution in [0.4, 0.5) is 14.5 Å². The Labute approximate surface area is 140 Å². The number of anilines is 1. The number of amides is 1. The highest BCUT2D eigenvalue weighted by Crippen LogP contribution is 2.26. The van der Waals surface area contributed by atoms with Crippen LogP contribution in [0.5, 0.6) is 0 Å². The first-order valence-corrected chi connectivity index (χ1v) is 7.73. The fourth-order valence-electron chi connectivity index (χ4n) is 1.99. The third-order valence-corrected chi connectivity index (χ3v) is 4.24. The van der Waals surface area contributed by atoms with Gasteiger partial charge in [0.15, 0.2) is 5.16 Å². The summed E-state index contributed by atoms with van der Waals surface area (Å²) in [6, 6.07) is 10.1. The van der Waals surface area contributed by atoms with Crippen LogP contribution >= 0.6 is 11.8 Å². The van der Waals surface area contributed by atoms with Gasteiger partial charge in [-0.3, -0.25) is 4.79 Å². The summed E-state index contributed by atoms with van der Waals surface area (Å²) < 4.78 is 29.0. The van der Waals surface area contributed by atoms with Crippen LogP contribution in [0.3, 0.4) is 0 Å². The van der Waals surface area contributed by atoms with Crippen LogP contribution in [0.25, 0.3) is 0 Å². The summed E-state index contributed by atoms with van der Waals surface area (Å²) in [4.78, 5) is 12.9. The Hall–Kier alpha value is -2.74. The van der Waals surface area contributed by atoms with E-state index in [0.29, 0.717) is 5.69 Å². The molecule has 0 aliphatic heterocycles. The molecule has 0 aliphatic rings. The smallest absolute Gasteiger partial charge is 0.261 e. The molecule has 122 valence electrons. The normalized spacial score (nSPS) is 10.6. The summed E-state index contributed by atoms with van der Waals surface area (Å²) in [6.45, 7) is 0. The molecule has 5 nitrogen and oxygen atoms in total. The van der Waals surface area contributed by atoms with Crippen LogP contribution < -0.4 is 5.32 Å². The van der Waals surface area contributed by atoms with Crippen LogP contribution in [0.2, 0.25) is 0 Å². The summed E-state index contributed by atoms with van der Waals surface area (Å²) in [7, 11) is 1.83. The van der Waals surface area contributed by atoms with E-state index in [1.807, 2.05) is 7.05 Å². The zero-order chi connectivity index (χ0) is 17.1. The Morgan fingerprint density at radius 3 is 2.38 bits per heavy atom. The molecule has 0 saturated carbocycles. The molecule has 2 aromatic carbocycles. The van der Waals surface area contributed by atoms with Crippen molar-refractivity contribution in [2.45, 2.75) is 10.1 Å². The molecule has 0 spiro atoms. The summed E-state index contributed by atoms with van der Waals surface area (Å²) in [6.07, 6.45) is 1.60. The van der Waals surface area contributed by atoms with Crippen LogP contribution in [-0.2, 0) is 7.05 Å². The molecule has 0 atom stereocenters. The molecule has 1 heterocycles. The van der Waals surface area contributed by atoms with Gasteiger partial charge in [0, 0.05) is 17.6 Å². The number of nitrogens with one attached hydrogen (secondary N) is 1. The van der Waals surface area contributed by atoms with Crippen molar-refractivity contribution in [2.24, 2.45) is 7.05 Å². The molecule has 3 rings (SSSR count). The first-order chi connectivity index (χ1) is 11.5. The molecule has 0 radical (unpaired) electrons. The number of aromatic nitrogens is 3. The number of hydrogen-bond donors (Lipinski definition) is 1. The molecule has 0 bridgehead atoms. The zero-order valence-corrected chi connectivity index (χ0v) is 13.3. The molecule has 0 fully saturated rings. The third kappa shape index (κ3) is 3.43. The van der Waals surface area contributed by atoms with Crippen LogP contribution in [0, 0.1) is 11.6 Å². The molecule has 1 N–H and O–H groups in total. The summed E-state index contributed by atoms with van der Waals surface area (Å²) in [5, 5.41) is 11.0. The van der Waals surface area contributed by atoms with Gasteiger partial charge in [-0.2, -0.15) is 0 Å². The first kappa shape index (κ1) is 16.1. The largest absolute Gasteiger partial charge is 0.322 e. The molecular formula is C16H12F2N4OS. The maximum absolute atomic E-state index is 13.6. The summed E-state index contributed by atoms with van der Waals surface area (Å²) in [5.41, 5.74) is -0.167. The summed E-state index contributed by atoms with van der Waals surface area (Å²) in [5.74, 6) is -2.64. The molecule has 1 amide bonds. The lowest BCUT2D eigenvalue weighted by Crippen LogP contribution is -2.15. The third-order valence-electron chi connectivity index (χ3n) is 3.18. The van der Waals surface area contributed by atoms with Crippen LogP contribution in [0.1, 0.15) is 10.4 Å². The molecule has 0 unspecified atom stereocenters. The molecule has 0 aliphatic carbocycles. The van der Waals surface area contributed by atoms with Crippen molar-refractivity contribution < 1.29 is 13.6 Å². The van der Waals surface area contributed by atoms with E-state index in [1.165, 1.54) is 17.8 Å². The highest BCUT2D eigenvalue weighted by atomic mass is 32.2. The number of hydrogen-bond acceptors (Lipinski definition) is 4. The van der Waals surface area contributed by atoms with E-state index in [1.54, 1.807) is 35.2 Å². The SMILES string of the molecule is Cn1cnnc1Sc1ccc(NC(=O)c2c(F)cccc2F)cc1. The molecule has 3 aromatic rings. The average Bonchev–Trinajstić information content (AvgIpc) is 2.94. The Morgan fingerprint density at radius 2 is 1.79 bits per heavy atom. The van der Waals surface area contributed by atoms with Gasteiger partial charge in [0.25, 0.3) is 5.91 Å². The van der Waals surface area contributed by atoms with E-state index < -0.39 is 23.1 Å². The summed E-state index contributed by atoms with van der Waals surface area (Å²) >= 11 is 1.41. The lowest BCUT2D eigenvalue weighted by molar-refractivity contribution is 0.101. The molecule has 1 aromatic heterocycles. The van der Waals surface area contributed by atoms with Crippen molar-refractivity contribution in [3.05, 3.63) is 66.0 Å². The van der Waals surface area contributed by atoms with Gasteiger partial charge in [0.05, 0.1) is 0 Å². The van der Waals surface area contributed by atoms with Gasteiger partial charge in [0.2, 0.25) is 0 Å². The minimum Gasteiger partial charge on any atom is -0.322 e. The topological polar surface area (TPSA) is 59.8 Å². The fourth-order valence-corrected chi connectivity index (χ4v) is 2.75. The Kier molecular flexibility index (Phi) is 4.57. The van der Waals surface area contributed by atoms with Gasteiger partial charge in [-0.05, 0) is 48.2 Å². The highest BCUT2D eigenvalue weighted by Gasteiger charge is 2.17. The Bertz CT molecular complexity index is 860. The molecule has 0 saturated heterocycles. The quantitative estimate of drug-likeness (QED) is 0.785. The van der Waals surface area contributed by atoms with E-state index in [-0.39, 0.29) is 0 Å². The second-order valence-corrected chi connectivity index (χ2v) is 5.94. The van der Waals surface area contributed by atoms with Crippen molar-refractivity contribution in [1.29, 1.82) is 0 Å². The molecule has 24 heavy (non-hydrogen) atoms. The van der Waals surface area contributed by atoms with Crippen molar-refractivity contribution in [2.75, 3.05) is 5.32 Å². The Morgan fingerprint density at radius 1 is 1.12 bits per heavy atom. The fraction of sp³-hybridized carbons (Fsp3) is 0.0625. The van der Waals surface area contributed by atoms with Crippen molar-refractivity contribution in [3.8, 4) is 0 Å². The lowest BCUT2D eigenvalue weighted by Gasteiger charge is -2.08. The van der Waals surface area contributed by atoms with Crippen LogP contribution in [0.15, 0.2) is 58.8 Å². The van der Waals surface area contributed by atoms with E-state index in [2.05, 4.69) is 15.5 Å². The van der Waals surface area contributed by atoms with E-state index in [9.17, 15) is 13.6 Å². The maximum atomic E-state index is 13.6. The van der Waals surface area contributed by atoms with Gasteiger partial charge in [-0.25, -0.2) is 8.78 Å². The molecule has 8 heteroatoms. The average molecular weight is 346 g/mol.